The Hall–Kier alpha value is -4.88. The van der Waals surface area contributed by atoms with E-state index in [1.165, 1.54) is 78.3 Å². The predicted octanol–water partition coefficient (Wildman–Crippen LogP) is 11.7. The van der Waals surface area contributed by atoms with Crippen LogP contribution in [0.5, 0.6) is 0 Å². The monoisotopic (exact) mass is 603 g/mol. The first-order valence-corrected chi connectivity index (χ1v) is 17.6. The van der Waals surface area contributed by atoms with E-state index in [0.717, 1.165) is 38.5 Å². The maximum absolute atomic E-state index is 2.58. The van der Waals surface area contributed by atoms with Gasteiger partial charge in [0.15, 0.2) is 0 Å². The molecule has 1 unspecified atom stereocenters. The summed E-state index contributed by atoms with van der Waals surface area (Å²) >= 11 is 0. The Balaban J connectivity index is 1.15. The summed E-state index contributed by atoms with van der Waals surface area (Å²) in [4.78, 5) is 2.58. The van der Waals surface area contributed by atoms with Gasteiger partial charge in [0.2, 0.25) is 0 Å². The highest BCUT2D eigenvalue weighted by Crippen LogP contribution is 2.71. The van der Waals surface area contributed by atoms with Crippen molar-refractivity contribution in [1.29, 1.82) is 0 Å². The zero-order valence-electron chi connectivity index (χ0n) is 27.2. The summed E-state index contributed by atoms with van der Waals surface area (Å²) in [5.41, 5.74) is 24.5. The molecular weight excluding hydrogens is 567 g/mol. The van der Waals surface area contributed by atoms with Crippen molar-refractivity contribution in [3.63, 3.8) is 0 Å². The molecule has 4 aromatic carbocycles. The van der Waals surface area contributed by atoms with Gasteiger partial charge in [-0.15, -0.1) is 0 Å². The summed E-state index contributed by atoms with van der Waals surface area (Å²) in [7, 11) is 0. The summed E-state index contributed by atoms with van der Waals surface area (Å²) < 4.78 is 0. The normalized spacial score (nSPS) is 22.8. The molecular formula is C46H37N. The van der Waals surface area contributed by atoms with Gasteiger partial charge in [-0.3, -0.25) is 0 Å². The SMILES string of the molecule is CC1(C)C2=C(C=CCC2)c2ccc(N(C3=CC=CCC3)c3ccc4c(c3)C35C6=C(CCC=C6c6cccc-4c63)c3ccccc35)cc21. The number of fused-ring (bicyclic) bond motifs is 7. The maximum atomic E-state index is 2.58. The van der Waals surface area contributed by atoms with Crippen LogP contribution < -0.4 is 4.90 Å². The Morgan fingerprint density at radius 1 is 0.638 bits per heavy atom. The molecule has 0 aromatic heterocycles. The second-order valence-electron chi connectivity index (χ2n) is 14.9. The number of nitrogens with zero attached hydrogens (tertiary/aromatic N) is 1. The van der Waals surface area contributed by atoms with Gasteiger partial charge < -0.3 is 4.90 Å². The smallest absolute Gasteiger partial charge is 0.0734 e. The summed E-state index contributed by atoms with van der Waals surface area (Å²) in [5, 5.41) is 0. The van der Waals surface area contributed by atoms with Gasteiger partial charge in [-0.2, -0.15) is 0 Å². The van der Waals surface area contributed by atoms with Gasteiger partial charge in [0, 0.05) is 22.5 Å². The van der Waals surface area contributed by atoms with Crippen molar-refractivity contribution in [3.05, 3.63) is 171 Å². The summed E-state index contributed by atoms with van der Waals surface area (Å²) in [6.07, 6.45) is 20.8. The molecule has 7 aliphatic carbocycles. The standard InChI is InChI=1S/C46H37N/c1-45(2)39-20-8-6-14-31(39)33-24-22-29(26-41(33)45)47(28-12-4-3-5-13-28)30-23-25-34-36-17-11-19-38-37-18-10-16-35-32-15-7-9-21-40(32)46(43(35)37,44(36)38)42(34)27-30/h3-4,6-7,9,11-12,14-15,17-19,21-27H,5,8,10,13,16,20H2,1-2H3. The fourth-order valence-electron chi connectivity index (χ4n) is 10.6. The van der Waals surface area contributed by atoms with E-state index < -0.39 is 0 Å². The Morgan fingerprint density at radius 2 is 1.43 bits per heavy atom. The van der Waals surface area contributed by atoms with Crippen LogP contribution in [-0.2, 0) is 10.8 Å². The number of hydrogen-bond acceptors (Lipinski definition) is 1. The van der Waals surface area contributed by atoms with E-state index in [0.29, 0.717) is 0 Å². The van der Waals surface area contributed by atoms with E-state index in [2.05, 4.69) is 134 Å². The molecule has 0 radical (unpaired) electrons. The van der Waals surface area contributed by atoms with Gasteiger partial charge in [-0.25, -0.2) is 0 Å². The second kappa shape index (κ2) is 8.92. The quantitative estimate of drug-likeness (QED) is 0.225. The second-order valence-corrected chi connectivity index (χ2v) is 14.9. The van der Waals surface area contributed by atoms with Crippen molar-refractivity contribution < 1.29 is 0 Å². The molecule has 1 nitrogen and oxygen atoms in total. The van der Waals surface area contributed by atoms with E-state index >= 15 is 0 Å². The molecule has 0 bridgehead atoms. The third-order valence-electron chi connectivity index (χ3n) is 12.5. The average Bonchev–Trinajstić information content (AvgIpc) is 3.78. The van der Waals surface area contributed by atoms with Gasteiger partial charge in [0.25, 0.3) is 0 Å². The topological polar surface area (TPSA) is 3.24 Å². The minimum Gasteiger partial charge on any atom is -0.314 e. The molecule has 47 heavy (non-hydrogen) atoms. The molecule has 226 valence electrons. The highest BCUT2D eigenvalue weighted by atomic mass is 15.1. The molecule has 0 N–H and O–H groups in total. The third kappa shape index (κ3) is 3.07. The highest BCUT2D eigenvalue weighted by molar-refractivity contribution is 6.11. The van der Waals surface area contributed by atoms with E-state index in [4.69, 9.17) is 0 Å². The van der Waals surface area contributed by atoms with Crippen molar-refractivity contribution in [1.82, 2.24) is 0 Å². The molecule has 1 atom stereocenters. The first-order valence-electron chi connectivity index (χ1n) is 17.6. The average molecular weight is 604 g/mol. The Morgan fingerprint density at radius 3 is 2.30 bits per heavy atom. The Bertz CT molecular complexity index is 2330. The van der Waals surface area contributed by atoms with Crippen LogP contribution in [0.2, 0.25) is 0 Å². The Kier molecular flexibility index (Phi) is 4.98. The minimum atomic E-state index is -0.225. The van der Waals surface area contributed by atoms with Crippen LogP contribution in [0.4, 0.5) is 11.4 Å². The highest BCUT2D eigenvalue weighted by Gasteiger charge is 2.59. The van der Waals surface area contributed by atoms with Crippen molar-refractivity contribution in [2.45, 2.75) is 63.2 Å². The molecule has 7 aliphatic rings. The van der Waals surface area contributed by atoms with Crippen molar-refractivity contribution in [3.8, 4) is 11.1 Å². The lowest BCUT2D eigenvalue weighted by Crippen LogP contribution is -2.25. The molecule has 1 heteroatoms. The first kappa shape index (κ1) is 26.2. The van der Waals surface area contributed by atoms with Crippen molar-refractivity contribution >= 4 is 28.1 Å². The number of anilines is 2. The Labute approximate surface area is 277 Å². The first-order chi connectivity index (χ1) is 23.1. The van der Waals surface area contributed by atoms with Gasteiger partial charge in [0.1, 0.15) is 0 Å². The van der Waals surface area contributed by atoms with Crippen molar-refractivity contribution in [2.24, 2.45) is 0 Å². The third-order valence-corrected chi connectivity index (χ3v) is 12.5. The number of allylic oxidation sites excluding steroid dienone is 12. The molecule has 0 aliphatic heterocycles. The van der Waals surface area contributed by atoms with Crippen LogP contribution >= 0.6 is 0 Å². The fraction of sp³-hybridized carbons (Fsp3) is 0.217. The number of hydrogen-bond donors (Lipinski definition) is 0. The summed E-state index contributed by atoms with van der Waals surface area (Å²) in [5.74, 6) is 0. The zero-order valence-corrected chi connectivity index (χ0v) is 27.2. The van der Waals surface area contributed by atoms with Gasteiger partial charge in [-0.05, 0) is 141 Å². The minimum absolute atomic E-state index is 0.0386. The number of benzene rings is 4. The number of rotatable bonds is 3. The molecule has 0 heterocycles. The molecule has 0 saturated heterocycles. The molecule has 0 amide bonds. The van der Waals surface area contributed by atoms with Crippen molar-refractivity contribution in [2.75, 3.05) is 4.90 Å². The zero-order chi connectivity index (χ0) is 31.1. The lowest BCUT2D eigenvalue weighted by atomic mass is 9.72. The van der Waals surface area contributed by atoms with E-state index in [1.54, 1.807) is 16.7 Å². The summed E-state index contributed by atoms with van der Waals surface area (Å²) in [6, 6.07) is 31.1. The summed E-state index contributed by atoms with van der Waals surface area (Å²) in [6.45, 7) is 4.87. The molecule has 11 rings (SSSR count). The van der Waals surface area contributed by atoms with Crippen LogP contribution in [0, 0.1) is 0 Å². The van der Waals surface area contributed by atoms with Crippen LogP contribution in [0.3, 0.4) is 0 Å². The predicted molar refractivity (Wildman–Crippen MR) is 196 cm³/mol. The largest absolute Gasteiger partial charge is 0.314 e. The maximum Gasteiger partial charge on any atom is 0.0734 e. The van der Waals surface area contributed by atoms with Gasteiger partial charge in [0.05, 0.1) is 5.41 Å². The van der Waals surface area contributed by atoms with E-state index in [9.17, 15) is 0 Å². The lowest BCUT2D eigenvalue weighted by molar-refractivity contribution is 0.607. The van der Waals surface area contributed by atoms with Crippen LogP contribution in [-0.4, -0.2) is 0 Å². The van der Waals surface area contributed by atoms with Gasteiger partial charge in [-0.1, -0.05) is 104 Å². The molecule has 4 aromatic rings. The van der Waals surface area contributed by atoms with E-state index in [-0.39, 0.29) is 10.8 Å². The van der Waals surface area contributed by atoms with Crippen LogP contribution in [0.1, 0.15) is 91.3 Å². The van der Waals surface area contributed by atoms with Crippen LogP contribution in [0.15, 0.2) is 132 Å². The van der Waals surface area contributed by atoms with E-state index in [1.807, 2.05) is 0 Å². The molecule has 0 fully saturated rings. The van der Waals surface area contributed by atoms with Gasteiger partial charge >= 0.3 is 0 Å². The van der Waals surface area contributed by atoms with Crippen LogP contribution in [0.25, 0.3) is 27.8 Å². The molecule has 1 spiro atoms. The molecule has 0 saturated carbocycles. The lowest BCUT2D eigenvalue weighted by Gasteiger charge is -2.33. The fourth-order valence-corrected chi connectivity index (χ4v) is 10.6.